The Morgan fingerprint density at radius 2 is 2.04 bits per heavy atom. The predicted octanol–water partition coefficient (Wildman–Crippen LogP) is 1.28. The van der Waals surface area contributed by atoms with Crippen LogP contribution in [-0.4, -0.2) is 32.0 Å². The highest BCUT2D eigenvalue weighted by Crippen LogP contribution is 2.26. The van der Waals surface area contributed by atoms with Gasteiger partial charge in [0.1, 0.15) is 11.5 Å². The maximum atomic E-state index is 12.1. The standard InChI is InChI=1S/C17H19N5O3/c1-11-16(14-5-4-10-25-14)12(2)22(19-11)9-8-18-17(24)13-6-7-15(23)21(3)20-13/h4-7,10H,8-9H2,1-3H3,(H,18,24). The summed E-state index contributed by atoms with van der Waals surface area (Å²) >= 11 is 0. The van der Waals surface area contributed by atoms with Gasteiger partial charge in [0.25, 0.3) is 11.5 Å². The minimum Gasteiger partial charge on any atom is -0.464 e. The van der Waals surface area contributed by atoms with Crippen molar-refractivity contribution in [1.82, 2.24) is 24.9 Å². The Balaban J connectivity index is 1.66. The van der Waals surface area contributed by atoms with Crippen LogP contribution in [0.25, 0.3) is 11.3 Å². The van der Waals surface area contributed by atoms with Crippen molar-refractivity contribution in [2.24, 2.45) is 7.05 Å². The summed E-state index contributed by atoms with van der Waals surface area (Å²) in [5, 5.41) is 11.2. The monoisotopic (exact) mass is 341 g/mol. The number of carbonyl (C=O) groups is 1. The molecule has 0 unspecified atom stereocenters. The third-order valence-electron chi connectivity index (χ3n) is 3.95. The van der Waals surface area contributed by atoms with Crippen LogP contribution in [0.1, 0.15) is 21.9 Å². The minimum atomic E-state index is -0.330. The van der Waals surface area contributed by atoms with Crippen molar-refractivity contribution in [1.29, 1.82) is 0 Å². The highest BCUT2D eigenvalue weighted by molar-refractivity contribution is 5.91. The van der Waals surface area contributed by atoms with E-state index in [9.17, 15) is 9.59 Å². The first kappa shape index (κ1) is 16.7. The summed E-state index contributed by atoms with van der Waals surface area (Å²) in [6, 6.07) is 6.47. The molecular formula is C17H19N5O3. The molecule has 0 radical (unpaired) electrons. The van der Waals surface area contributed by atoms with E-state index in [0.717, 1.165) is 27.4 Å². The van der Waals surface area contributed by atoms with Crippen molar-refractivity contribution < 1.29 is 9.21 Å². The molecule has 0 spiro atoms. The van der Waals surface area contributed by atoms with Gasteiger partial charge in [0, 0.05) is 25.4 Å². The summed E-state index contributed by atoms with van der Waals surface area (Å²) in [5.41, 5.74) is 2.76. The van der Waals surface area contributed by atoms with Gasteiger partial charge in [0.15, 0.2) is 0 Å². The SMILES string of the molecule is Cc1nn(CCNC(=O)c2ccc(=O)n(C)n2)c(C)c1-c1ccco1. The Hall–Kier alpha value is -3.16. The molecular weight excluding hydrogens is 322 g/mol. The molecule has 0 aromatic carbocycles. The van der Waals surface area contributed by atoms with Crippen LogP contribution in [0.5, 0.6) is 0 Å². The fourth-order valence-corrected chi connectivity index (χ4v) is 2.68. The van der Waals surface area contributed by atoms with Gasteiger partial charge in [-0.3, -0.25) is 14.3 Å². The number of hydrogen-bond acceptors (Lipinski definition) is 5. The number of furan rings is 1. The van der Waals surface area contributed by atoms with Crippen LogP contribution < -0.4 is 10.9 Å². The lowest BCUT2D eigenvalue weighted by molar-refractivity contribution is 0.0944. The van der Waals surface area contributed by atoms with Gasteiger partial charge >= 0.3 is 0 Å². The van der Waals surface area contributed by atoms with Crippen molar-refractivity contribution >= 4 is 5.91 Å². The average molecular weight is 341 g/mol. The van der Waals surface area contributed by atoms with Gasteiger partial charge in [-0.2, -0.15) is 10.2 Å². The lowest BCUT2D eigenvalue weighted by atomic mass is 10.1. The molecule has 1 amide bonds. The van der Waals surface area contributed by atoms with Crippen molar-refractivity contribution in [3.8, 4) is 11.3 Å². The molecule has 3 rings (SSSR count). The largest absolute Gasteiger partial charge is 0.464 e. The zero-order chi connectivity index (χ0) is 18.0. The number of nitrogens with one attached hydrogen (secondary N) is 1. The molecule has 8 heteroatoms. The van der Waals surface area contributed by atoms with E-state index in [-0.39, 0.29) is 17.2 Å². The Morgan fingerprint density at radius 3 is 2.72 bits per heavy atom. The van der Waals surface area contributed by atoms with Crippen LogP contribution in [0.3, 0.4) is 0 Å². The van der Waals surface area contributed by atoms with Gasteiger partial charge in [-0.25, -0.2) is 4.68 Å². The number of carbonyl (C=O) groups excluding carboxylic acids is 1. The maximum Gasteiger partial charge on any atom is 0.271 e. The average Bonchev–Trinajstić information content (AvgIpc) is 3.18. The number of rotatable bonds is 5. The van der Waals surface area contributed by atoms with Crippen molar-refractivity contribution in [3.63, 3.8) is 0 Å². The maximum absolute atomic E-state index is 12.1. The van der Waals surface area contributed by atoms with E-state index in [1.807, 2.05) is 30.7 Å². The van der Waals surface area contributed by atoms with Crippen molar-refractivity contribution in [2.75, 3.05) is 6.54 Å². The molecule has 130 valence electrons. The van der Waals surface area contributed by atoms with E-state index < -0.39 is 0 Å². The summed E-state index contributed by atoms with van der Waals surface area (Å²) in [6.07, 6.45) is 1.63. The van der Waals surface area contributed by atoms with Crippen LogP contribution in [0.15, 0.2) is 39.7 Å². The minimum absolute atomic E-state index is 0.201. The van der Waals surface area contributed by atoms with Gasteiger partial charge in [0.05, 0.1) is 24.1 Å². The second kappa shape index (κ2) is 6.76. The molecule has 0 aliphatic rings. The van der Waals surface area contributed by atoms with Crippen LogP contribution in [0, 0.1) is 13.8 Å². The van der Waals surface area contributed by atoms with Crippen LogP contribution in [-0.2, 0) is 13.6 Å². The first-order chi connectivity index (χ1) is 12.0. The molecule has 3 aromatic rings. The smallest absolute Gasteiger partial charge is 0.271 e. The zero-order valence-electron chi connectivity index (χ0n) is 14.3. The predicted molar refractivity (Wildman–Crippen MR) is 91.2 cm³/mol. The number of aryl methyl sites for hydroxylation is 2. The summed E-state index contributed by atoms with van der Waals surface area (Å²) in [5.74, 6) is 0.447. The molecule has 0 saturated heterocycles. The Labute approximate surface area is 144 Å². The van der Waals surface area contributed by atoms with Crippen LogP contribution in [0.2, 0.25) is 0 Å². The topological polar surface area (TPSA) is 95.0 Å². The Kier molecular flexibility index (Phi) is 4.51. The first-order valence-electron chi connectivity index (χ1n) is 7.88. The molecule has 0 atom stereocenters. The summed E-state index contributed by atoms with van der Waals surface area (Å²) < 4.78 is 8.42. The number of amides is 1. The lowest BCUT2D eigenvalue weighted by Crippen LogP contribution is -2.31. The van der Waals surface area contributed by atoms with E-state index in [4.69, 9.17) is 4.42 Å². The van der Waals surface area contributed by atoms with Gasteiger partial charge in [-0.15, -0.1) is 0 Å². The molecule has 0 fully saturated rings. The Bertz CT molecular complexity index is 953. The van der Waals surface area contributed by atoms with Crippen molar-refractivity contribution in [2.45, 2.75) is 20.4 Å². The number of aromatic nitrogens is 4. The highest BCUT2D eigenvalue weighted by atomic mass is 16.3. The van der Waals surface area contributed by atoms with Crippen molar-refractivity contribution in [3.05, 3.63) is 58.0 Å². The van der Waals surface area contributed by atoms with Crippen LogP contribution >= 0.6 is 0 Å². The lowest BCUT2D eigenvalue weighted by Gasteiger charge is -2.07. The second-order valence-corrected chi connectivity index (χ2v) is 5.68. The molecule has 3 aromatic heterocycles. The summed E-state index contributed by atoms with van der Waals surface area (Å²) in [7, 11) is 1.51. The quantitative estimate of drug-likeness (QED) is 0.754. The molecule has 1 N–H and O–H groups in total. The van der Waals surface area contributed by atoms with E-state index in [2.05, 4.69) is 15.5 Å². The van der Waals surface area contributed by atoms with Crippen LogP contribution in [0.4, 0.5) is 0 Å². The molecule has 0 bridgehead atoms. The third-order valence-corrected chi connectivity index (χ3v) is 3.95. The van der Waals surface area contributed by atoms with Gasteiger partial charge < -0.3 is 9.73 Å². The van der Waals surface area contributed by atoms with Gasteiger partial charge in [-0.05, 0) is 32.0 Å². The van der Waals surface area contributed by atoms with E-state index in [1.165, 1.54) is 19.2 Å². The molecule has 0 aliphatic carbocycles. The number of hydrogen-bond donors (Lipinski definition) is 1. The fourth-order valence-electron chi connectivity index (χ4n) is 2.68. The molecule has 0 aliphatic heterocycles. The summed E-state index contributed by atoms with van der Waals surface area (Å²) in [6.45, 7) is 4.80. The fraction of sp³-hybridized carbons (Fsp3) is 0.294. The second-order valence-electron chi connectivity index (χ2n) is 5.68. The van der Waals surface area contributed by atoms with E-state index in [0.29, 0.717) is 13.1 Å². The molecule has 3 heterocycles. The van der Waals surface area contributed by atoms with Gasteiger partial charge in [-0.1, -0.05) is 0 Å². The van der Waals surface area contributed by atoms with E-state index >= 15 is 0 Å². The van der Waals surface area contributed by atoms with E-state index in [1.54, 1.807) is 6.26 Å². The highest BCUT2D eigenvalue weighted by Gasteiger charge is 2.15. The molecule has 8 nitrogen and oxygen atoms in total. The number of nitrogens with zero attached hydrogens (tertiary/aromatic N) is 4. The first-order valence-corrected chi connectivity index (χ1v) is 7.88. The van der Waals surface area contributed by atoms with Gasteiger partial charge in [0.2, 0.25) is 0 Å². The molecule has 25 heavy (non-hydrogen) atoms. The summed E-state index contributed by atoms with van der Waals surface area (Å²) in [4.78, 5) is 23.4. The third kappa shape index (κ3) is 3.37. The normalized spacial score (nSPS) is 10.8. The molecule has 0 saturated carbocycles. The Morgan fingerprint density at radius 1 is 1.24 bits per heavy atom. The zero-order valence-corrected chi connectivity index (χ0v) is 14.3.